The minimum Gasteiger partial charge on any atom is -0.421 e. The topological polar surface area (TPSA) is 79.0 Å². The Bertz CT molecular complexity index is 593. The number of hydrogen-bond donors (Lipinski definition) is 1. The van der Waals surface area contributed by atoms with Crippen molar-refractivity contribution in [3.8, 4) is 17.8 Å². The Labute approximate surface area is 102 Å². The largest absolute Gasteiger partial charge is 0.421 e. The summed E-state index contributed by atoms with van der Waals surface area (Å²) in [5.41, 5.74) is 0.735. The van der Waals surface area contributed by atoms with Crippen LogP contribution in [0, 0.1) is 17.1 Å². The summed E-state index contributed by atoms with van der Waals surface area (Å²) in [5, 5.41) is 17.4. The normalized spacial score (nSPS) is 9.83. The Hall–Kier alpha value is -2.52. The molecule has 0 aliphatic carbocycles. The lowest BCUT2D eigenvalue weighted by atomic mass is 10.2. The summed E-state index contributed by atoms with van der Waals surface area (Å²) in [6.07, 6.45) is 2.76. The van der Waals surface area contributed by atoms with Gasteiger partial charge >= 0.3 is 6.01 Å². The third-order valence-electron chi connectivity index (χ3n) is 2.13. The molecule has 0 unspecified atom stereocenters. The summed E-state index contributed by atoms with van der Waals surface area (Å²) in [6.45, 7) is -0.175. The van der Waals surface area contributed by atoms with Crippen molar-refractivity contribution >= 4 is 0 Å². The van der Waals surface area contributed by atoms with Gasteiger partial charge < -0.3 is 9.84 Å². The Morgan fingerprint density at radius 2 is 2.06 bits per heavy atom. The lowest BCUT2D eigenvalue weighted by Crippen LogP contribution is -1.95. The molecule has 18 heavy (non-hydrogen) atoms. The molecule has 0 saturated heterocycles. The highest BCUT2D eigenvalue weighted by Gasteiger charge is 2.07. The minimum absolute atomic E-state index is 0.0317. The first-order valence-electron chi connectivity index (χ1n) is 5.02. The van der Waals surface area contributed by atoms with E-state index in [1.165, 1.54) is 24.5 Å². The van der Waals surface area contributed by atoms with E-state index < -0.39 is 5.82 Å². The summed E-state index contributed by atoms with van der Waals surface area (Å²) in [4.78, 5) is 7.61. The molecule has 1 N–H and O–H groups in total. The highest BCUT2D eigenvalue weighted by molar-refractivity contribution is 5.37. The van der Waals surface area contributed by atoms with Crippen molar-refractivity contribution in [2.45, 2.75) is 6.61 Å². The molecule has 1 aromatic heterocycles. The maximum absolute atomic E-state index is 13.5. The number of hydrogen-bond acceptors (Lipinski definition) is 5. The van der Waals surface area contributed by atoms with E-state index in [2.05, 4.69) is 9.97 Å². The average Bonchev–Trinajstić information content (AvgIpc) is 2.42. The Morgan fingerprint density at radius 1 is 1.33 bits per heavy atom. The van der Waals surface area contributed by atoms with Gasteiger partial charge in [-0.2, -0.15) is 5.26 Å². The van der Waals surface area contributed by atoms with Crippen LogP contribution in [-0.2, 0) is 6.61 Å². The first-order valence-corrected chi connectivity index (χ1v) is 5.02. The number of halogens is 1. The van der Waals surface area contributed by atoms with E-state index >= 15 is 0 Å². The predicted molar refractivity (Wildman–Crippen MR) is 59.1 cm³/mol. The van der Waals surface area contributed by atoms with Gasteiger partial charge in [-0.15, -0.1) is 0 Å². The second kappa shape index (κ2) is 5.21. The minimum atomic E-state index is -0.663. The standard InChI is InChI=1S/C12H8FN3O2/c13-10-3-8(4-14)1-2-11(10)18-12-15-5-9(7-17)6-16-12/h1-3,5-6,17H,7H2. The van der Waals surface area contributed by atoms with Crippen LogP contribution >= 0.6 is 0 Å². The first-order chi connectivity index (χ1) is 8.72. The van der Waals surface area contributed by atoms with Gasteiger partial charge in [-0.1, -0.05) is 0 Å². The van der Waals surface area contributed by atoms with Crippen LogP contribution in [0.2, 0.25) is 0 Å². The molecule has 0 radical (unpaired) electrons. The molecule has 90 valence electrons. The van der Waals surface area contributed by atoms with Crippen LogP contribution in [-0.4, -0.2) is 15.1 Å². The lowest BCUT2D eigenvalue weighted by molar-refractivity contribution is 0.280. The van der Waals surface area contributed by atoms with E-state index in [-0.39, 0.29) is 23.9 Å². The van der Waals surface area contributed by atoms with Gasteiger partial charge in [-0.05, 0) is 18.2 Å². The summed E-state index contributed by atoms with van der Waals surface area (Å²) in [5.74, 6) is -0.727. The summed E-state index contributed by atoms with van der Waals surface area (Å²) in [7, 11) is 0. The van der Waals surface area contributed by atoms with Crippen molar-refractivity contribution in [3.63, 3.8) is 0 Å². The fraction of sp³-hybridized carbons (Fsp3) is 0.0833. The molecular weight excluding hydrogens is 237 g/mol. The molecule has 0 saturated carbocycles. The molecule has 5 nitrogen and oxygen atoms in total. The van der Waals surface area contributed by atoms with Gasteiger partial charge in [0.05, 0.1) is 18.2 Å². The van der Waals surface area contributed by atoms with Gasteiger partial charge in [-0.3, -0.25) is 0 Å². The molecule has 1 heterocycles. The van der Waals surface area contributed by atoms with Crippen LogP contribution in [0.25, 0.3) is 0 Å². The Morgan fingerprint density at radius 3 is 2.61 bits per heavy atom. The zero-order chi connectivity index (χ0) is 13.0. The van der Waals surface area contributed by atoms with Gasteiger partial charge in [0.25, 0.3) is 0 Å². The van der Waals surface area contributed by atoms with Crippen LogP contribution in [0.5, 0.6) is 11.8 Å². The number of ether oxygens (including phenoxy) is 1. The summed E-state index contributed by atoms with van der Waals surface area (Å²) < 4.78 is 18.6. The third-order valence-corrected chi connectivity index (χ3v) is 2.13. The number of nitriles is 1. The molecule has 6 heteroatoms. The molecule has 1 aromatic carbocycles. The van der Waals surface area contributed by atoms with E-state index in [0.29, 0.717) is 5.56 Å². The van der Waals surface area contributed by atoms with E-state index in [1.54, 1.807) is 0 Å². The summed E-state index contributed by atoms with van der Waals surface area (Å²) >= 11 is 0. The van der Waals surface area contributed by atoms with Crippen LogP contribution in [0.1, 0.15) is 11.1 Å². The van der Waals surface area contributed by atoms with Crippen molar-refractivity contribution in [2.75, 3.05) is 0 Å². The van der Waals surface area contributed by atoms with Crippen LogP contribution in [0.3, 0.4) is 0 Å². The maximum Gasteiger partial charge on any atom is 0.321 e. The lowest BCUT2D eigenvalue weighted by Gasteiger charge is -2.05. The Kier molecular flexibility index (Phi) is 3.46. The number of aromatic nitrogens is 2. The average molecular weight is 245 g/mol. The number of benzene rings is 1. The van der Waals surface area contributed by atoms with Gasteiger partial charge in [0.2, 0.25) is 0 Å². The van der Waals surface area contributed by atoms with E-state index in [1.807, 2.05) is 6.07 Å². The molecular formula is C12H8FN3O2. The van der Waals surface area contributed by atoms with Crippen molar-refractivity contribution in [2.24, 2.45) is 0 Å². The fourth-order valence-corrected chi connectivity index (χ4v) is 1.23. The van der Waals surface area contributed by atoms with E-state index in [0.717, 1.165) is 6.07 Å². The predicted octanol–water partition coefficient (Wildman–Crippen LogP) is 1.77. The molecule has 0 amide bonds. The number of rotatable bonds is 3. The molecule has 0 spiro atoms. The maximum atomic E-state index is 13.5. The molecule has 0 aliphatic heterocycles. The summed E-state index contributed by atoms with van der Waals surface area (Å²) in [6, 6.07) is 5.62. The van der Waals surface area contributed by atoms with Crippen molar-refractivity contribution < 1.29 is 14.2 Å². The molecule has 0 aliphatic rings. The number of aliphatic hydroxyl groups is 1. The third kappa shape index (κ3) is 2.59. The highest BCUT2D eigenvalue weighted by atomic mass is 19.1. The molecule has 0 atom stereocenters. The fourth-order valence-electron chi connectivity index (χ4n) is 1.23. The van der Waals surface area contributed by atoms with Crippen molar-refractivity contribution in [1.29, 1.82) is 5.26 Å². The number of aliphatic hydroxyl groups excluding tert-OH is 1. The van der Waals surface area contributed by atoms with Crippen LogP contribution in [0.15, 0.2) is 30.6 Å². The number of nitrogens with zero attached hydrogens (tertiary/aromatic N) is 3. The second-order valence-electron chi connectivity index (χ2n) is 3.39. The van der Waals surface area contributed by atoms with Gasteiger partial charge in [0.15, 0.2) is 11.6 Å². The van der Waals surface area contributed by atoms with Gasteiger partial charge in [-0.25, -0.2) is 14.4 Å². The Balaban J connectivity index is 2.20. The van der Waals surface area contributed by atoms with Gasteiger partial charge in [0, 0.05) is 18.0 Å². The van der Waals surface area contributed by atoms with Crippen molar-refractivity contribution in [1.82, 2.24) is 9.97 Å². The first kappa shape index (κ1) is 12.0. The van der Waals surface area contributed by atoms with Crippen LogP contribution in [0.4, 0.5) is 4.39 Å². The van der Waals surface area contributed by atoms with Crippen molar-refractivity contribution in [3.05, 3.63) is 47.5 Å². The van der Waals surface area contributed by atoms with Crippen LogP contribution < -0.4 is 4.74 Å². The monoisotopic (exact) mass is 245 g/mol. The zero-order valence-corrected chi connectivity index (χ0v) is 9.17. The molecule has 0 bridgehead atoms. The molecule has 2 rings (SSSR count). The smallest absolute Gasteiger partial charge is 0.321 e. The van der Waals surface area contributed by atoms with E-state index in [4.69, 9.17) is 15.1 Å². The SMILES string of the molecule is N#Cc1ccc(Oc2ncc(CO)cn2)c(F)c1. The second-order valence-corrected chi connectivity index (χ2v) is 3.39. The molecule has 0 fully saturated rings. The quantitative estimate of drug-likeness (QED) is 0.891. The highest BCUT2D eigenvalue weighted by Crippen LogP contribution is 2.22. The zero-order valence-electron chi connectivity index (χ0n) is 9.17. The van der Waals surface area contributed by atoms with Gasteiger partial charge in [0.1, 0.15) is 0 Å². The van der Waals surface area contributed by atoms with E-state index in [9.17, 15) is 4.39 Å². The molecule has 2 aromatic rings.